The van der Waals surface area contributed by atoms with E-state index in [1.165, 1.54) is 205 Å². The van der Waals surface area contributed by atoms with Gasteiger partial charge in [-0.3, -0.25) is 9.59 Å². The van der Waals surface area contributed by atoms with Gasteiger partial charge in [-0.1, -0.05) is 317 Å². The van der Waals surface area contributed by atoms with Crippen LogP contribution < -0.4 is 5.11 Å². The molecule has 0 spiro atoms. The minimum Gasteiger partial charge on any atom is -0.545 e. The van der Waals surface area contributed by atoms with Crippen LogP contribution in [0, 0.1) is 0 Å². The molecule has 2 unspecified atom stereocenters. The van der Waals surface area contributed by atoms with Crippen molar-refractivity contribution in [2.75, 3.05) is 47.5 Å². The highest BCUT2D eigenvalue weighted by molar-refractivity contribution is 5.70. The van der Waals surface area contributed by atoms with Crippen LogP contribution in [0.3, 0.4) is 0 Å². The summed E-state index contributed by atoms with van der Waals surface area (Å²) < 4.78 is 22.8. The molecule has 0 bridgehead atoms. The van der Waals surface area contributed by atoms with Crippen LogP contribution in [0.1, 0.15) is 322 Å². The van der Waals surface area contributed by atoms with Gasteiger partial charge in [0.05, 0.1) is 40.3 Å². The summed E-state index contributed by atoms with van der Waals surface area (Å²) >= 11 is 0. The number of carbonyl (C=O) groups is 3. The summed E-state index contributed by atoms with van der Waals surface area (Å²) in [6.07, 6.45) is 90.7. The third kappa shape index (κ3) is 69.5. The Morgan fingerprint density at radius 2 is 0.621 bits per heavy atom. The summed E-state index contributed by atoms with van der Waals surface area (Å²) in [7, 11) is 5.94. The number of unbranched alkanes of at least 4 members (excludes halogenated alkanes) is 36. The van der Waals surface area contributed by atoms with E-state index in [9.17, 15) is 19.5 Å². The Balaban J connectivity index is 4.06. The van der Waals surface area contributed by atoms with Crippen molar-refractivity contribution in [2.45, 2.75) is 334 Å². The van der Waals surface area contributed by atoms with Crippen LogP contribution >= 0.6 is 0 Å². The Morgan fingerprint density at radius 1 is 0.345 bits per heavy atom. The van der Waals surface area contributed by atoms with Gasteiger partial charge in [0.2, 0.25) is 0 Å². The van der Waals surface area contributed by atoms with Gasteiger partial charge in [0, 0.05) is 12.8 Å². The van der Waals surface area contributed by atoms with Gasteiger partial charge in [0.15, 0.2) is 12.4 Å². The van der Waals surface area contributed by atoms with Crippen molar-refractivity contribution < 1.29 is 42.9 Å². The van der Waals surface area contributed by atoms with E-state index < -0.39 is 24.3 Å². The number of nitrogens with zero attached hydrogens (tertiary/aromatic N) is 1. The van der Waals surface area contributed by atoms with Crippen molar-refractivity contribution in [1.29, 1.82) is 0 Å². The second-order valence-electron chi connectivity index (χ2n) is 25.5. The molecule has 0 aliphatic heterocycles. The largest absolute Gasteiger partial charge is 0.545 e. The minimum absolute atomic E-state index is 0.147. The topological polar surface area (TPSA) is 111 Å². The molecule has 2 atom stereocenters. The number of carbonyl (C=O) groups excluding carboxylic acids is 3. The molecule has 0 N–H and O–H groups in total. The third-order valence-electron chi connectivity index (χ3n) is 15.8. The first-order chi connectivity index (χ1) is 42.6. The Bertz CT molecular complexity index is 1750. The molecular formula is C78H137NO8. The van der Waals surface area contributed by atoms with E-state index in [0.717, 1.165) is 83.5 Å². The number of carboxylic acid groups (broad SMARTS) is 1. The second-order valence-corrected chi connectivity index (χ2v) is 25.5. The molecule has 0 aliphatic rings. The van der Waals surface area contributed by atoms with Crippen molar-refractivity contribution in [2.24, 2.45) is 0 Å². The van der Waals surface area contributed by atoms with Crippen LogP contribution in [0.25, 0.3) is 0 Å². The second kappa shape index (κ2) is 68.1. The van der Waals surface area contributed by atoms with Gasteiger partial charge in [-0.25, -0.2) is 0 Å². The number of carboxylic acids is 1. The van der Waals surface area contributed by atoms with E-state index in [1.807, 2.05) is 21.1 Å². The molecule has 9 nitrogen and oxygen atoms in total. The lowest BCUT2D eigenvalue weighted by Crippen LogP contribution is -2.44. The number of ether oxygens (including phenoxy) is 4. The van der Waals surface area contributed by atoms with Gasteiger partial charge in [-0.05, 0) is 89.9 Å². The van der Waals surface area contributed by atoms with Crippen molar-refractivity contribution >= 4 is 17.9 Å². The van der Waals surface area contributed by atoms with Crippen molar-refractivity contribution in [1.82, 2.24) is 0 Å². The number of quaternary nitrogens is 1. The number of hydrogen-bond acceptors (Lipinski definition) is 8. The molecule has 0 aromatic carbocycles. The molecule has 87 heavy (non-hydrogen) atoms. The lowest BCUT2D eigenvalue weighted by Gasteiger charge is -2.26. The maximum Gasteiger partial charge on any atom is 0.306 e. The number of allylic oxidation sites excluding steroid dienone is 16. The fourth-order valence-electron chi connectivity index (χ4n) is 10.3. The third-order valence-corrected chi connectivity index (χ3v) is 15.8. The van der Waals surface area contributed by atoms with Crippen molar-refractivity contribution in [3.8, 4) is 0 Å². The first kappa shape index (κ1) is 83.2. The average Bonchev–Trinajstić information content (AvgIpc) is 3.59. The maximum atomic E-state index is 13.0. The molecule has 0 aromatic rings. The summed E-state index contributed by atoms with van der Waals surface area (Å²) in [6.45, 7) is 4.56. The summed E-state index contributed by atoms with van der Waals surface area (Å²) in [4.78, 5) is 37.5. The zero-order valence-corrected chi connectivity index (χ0v) is 57.4. The van der Waals surface area contributed by atoms with Gasteiger partial charge in [-0.15, -0.1) is 0 Å². The molecular weight excluding hydrogens is 1080 g/mol. The number of rotatable bonds is 67. The normalized spacial score (nSPS) is 13.3. The molecule has 9 heteroatoms. The predicted molar refractivity (Wildman–Crippen MR) is 371 cm³/mol. The number of esters is 2. The van der Waals surface area contributed by atoms with E-state index in [4.69, 9.17) is 18.9 Å². The van der Waals surface area contributed by atoms with Crippen LogP contribution in [0.5, 0.6) is 0 Å². The van der Waals surface area contributed by atoms with Crippen molar-refractivity contribution in [3.63, 3.8) is 0 Å². The summed E-state index contributed by atoms with van der Waals surface area (Å²) in [5.41, 5.74) is 0. The minimum atomic E-state index is -1.62. The van der Waals surface area contributed by atoms with E-state index in [2.05, 4.69) is 111 Å². The Morgan fingerprint density at radius 3 is 0.920 bits per heavy atom. The highest BCUT2D eigenvalue weighted by atomic mass is 16.7. The van der Waals surface area contributed by atoms with E-state index in [1.54, 1.807) is 0 Å². The number of hydrogen-bond donors (Lipinski definition) is 0. The molecule has 0 amide bonds. The van der Waals surface area contributed by atoms with E-state index in [-0.39, 0.29) is 32.2 Å². The van der Waals surface area contributed by atoms with Gasteiger partial charge in [0.1, 0.15) is 13.2 Å². The van der Waals surface area contributed by atoms with Crippen LogP contribution in [0.15, 0.2) is 97.2 Å². The molecule has 0 aliphatic carbocycles. The predicted octanol–water partition coefficient (Wildman–Crippen LogP) is 21.5. The lowest BCUT2D eigenvalue weighted by atomic mass is 10.0. The smallest absolute Gasteiger partial charge is 0.306 e. The summed E-state index contributed by atoms with van der Waals surface area (Å²) in [5, 5.41) is 11.8. The molecule has 0 saturated heterocycles. The van der Waals surface area contributed by atoms with Gasteiger partial charge < -0.3 is 33.3 Å². The number of likely N-dealkylation sites (N-methyl/N-ethyl adjacent to an activating group) is 1. The summed E-state index contributed by atoms with van der Waals surface area (Å²) in [6, 6.07) is 0. The Hall–Kier alpha value is -3.79. The molecule has 0 heterocycles. The van der Waals surface area contributed by atoms with Crippen LogP contribution in [-0.4, -0.2) is 82.3 Å². The molecule has 0 rings (SSSR count). The van der Waals surface area contributed by atoms with E-state index in [0.29, 0.717) is 23.9 Å². The van der Waals surface area contributed by atoms with Gasteiger partial charge >= 0.3 is 11.9 Å². The van der Waals surface area contributed by atoms with Crippen LogP contribution in [0.4, 0.5) is 0 Å². The lowest BCUT2D eigenvalue weighted by molar-refractivity contribution is -0.870. The van der Waals surface area contributed by atoms with Crippen molar-refractivity contribution in [3.05, 3.63) is 97.2 Å². The zero-order chi connectivity index (χ0) is 63.3. The van der Waals surface area contributed by atoms with Gasteiger partial charge in [0.25, 0.3) is 0 Å². The monoisotopic (exact) mass is 1220 g/mol. The molecule has 0 fully saturated rings. The Labute approximate surface area is 537 Å². The maximum absolute atomic E-state index is 13.0. The van der Waals surface area contributed by atoms with Crippen LogP contribution in [0.2, 0.25) is 0 Å². The quantitative estimate of drug-likeness (QED) is 0.0195. The standard InChI is InChI=1S/C78H137NO8/c1-6-8-10-12-14-16-18-20-22-24-26-28-30-32-34-36-37-38-39-41-43-45-47-49-51-53-55-57-59-61-63-65-67-69-76(81)87-74(73-86-78(77(82)83)84-71-70-79(3,4)5)72-85-75(80)68-66-64-62-60-58-56-54-52-50-48-46-44-42-40-35-33-31-29-27-25-23-21-19-17-15-13-11-9-7-2/h8-11,14-17,20-23,26-29,74,78H,6-7,12-13,18-19,24-25,30-73H2,1-5H3/b10-8-,11-9-,16-14-,17-15-,22-20-,23-21-,28-26-,29-27-. The van der Waals surface area contributed by atoms with E-state index >= 15 is 0 Å². The number of aliphatic carboxylic acids is 1. The highest BCUT2D eigenvalue weighted by Gasteiger charge is 2.22. The van der Waals surface area contributed by atoms with Crippen LogP contribution in [-0.2, 0) is 33.3 Å². The summed E-state index contributed by atoms with van der Waals surface area (Å²) in [5.74, 6) is -2.27. The fourth-order valence-corrected chi connectivity index (χ4v) is 10.3. The molecule has 0 aromatic heterocycles. The van der Waals surface area contributed by atoms with Gasteiger partial charge in [-0.2, -0.15) is 0 Å². The molecule has 0 radical (unpaired) electrons. The Kier molecular flexibility index (Phi) is 65.2. The average molecular weight is 1220 g/mol. The first-order valence-electron chi connectivity index (χ1n) is 36.4. The molecule has 0 saturated carbocycles. The SMILES string of the molecule is CC/C=C\C/C=C\C/C=C\C/C=C\CCCCCCCCCCCCCCCCCCCCCCC(=O)OC(COC(=O)CCCCCCCCCCCCCCCCCC/C=C\C/C=C\C/C=C\C/C=C\CC)COC(OCC[N+](C)(C)C)C(=O)[O-]. The molecule has 502 valence electrons. The zero-order valence-electron chi connectivity index (χ0n) is 57.4. The first-order valence-corrected chi connectivity index (χ1v) is 36.4. The fraction of sp³-hybridized carbons (Fsp3) is 0.756. The highest BCUT2D eigenvalue weighted by Crippen LogP contribution is 2.18.